The van der Waals surface area contributed by atoms with Crippen LogP contribution < -0.4 is 0 Å². The molecule has 0 fully saturated rings. The van der Waals surface area contributed by atoms with Gasteiger partial charge in [0.15, 0.2) is 11.0 Å². The van der Waals surface area contributed by atoms with Crippen LogP contribution in [0.5, 0.6) is 0 Å². The zero-order valence-corrected chi connectivity index (χ0v) is 19.7. The molecule has 3 aromatic carbocycles. The smallest absolute Gasteiger partial charge is 0.196 e. The fourth-order valence-corrected chi connectivity index (χ4v) is 4.60. The van der Waals surface area contributed by atoms with Crippen LogP contribution in [0.1, 0.15) is 31.9 Å². The number of aromatic nitrogens is 3. The summed E-state index contributed by atoms with van der Waals surface area (Å²) in [5.74, 6) is 1.69. The monoisotopic (exact) mass is 477 g/mol. The minimum absolute atomic E-state index is 0.122. The van der Waals surface area contributed by atoms with Gasteiger partial charge in [0.1, 0.15) is 0 Å². The molecule has 0 radical (unpaired) electrons. The molecule has 0 unspecified atom stereocenters. The molecule has 0 saturated heterocycles. The summed E-state index contributed by atoms with van der Waals surface area (Å²) >= 11 is 5.25. The summed E-state index contributed by atoms with van der Waals surface area (Å²) in [6, 6.07) is 27.4. The first-order chi connectivity index (χ1) is 14.4. The molecule has 0 spiro atoms. The van der Waals surface area contributed by atoms with E-state index in [9.17, 15) is 0 Å². The lowest BCUT2D eigenvalue weighted by Crippen LogP contribution is -2.10. The van der Waals surface area contributed by atoms with E-state index in [1.165, 1.54) is 11.1 Å². The number of rotatable bonds is 5. The van der Waals surface area contributed by atoms with E-state index in [0.717, 1.165) is 32.5 Å². The zero-order chi connectivity index (χ0) is 21.1. The van der Waals surface area contributed by atoms with Gasteiger partial charge in [0.25, 0.3) is 0 Å². The van der Waals surface area contributed by atoms with Crippen molar-refractivity contribution in [1.29, 1.82) is 0 Å². The fourth-order valence-electron chi connectivity index (χ4n) is 3.25. The molecule has 0 saturated carbocycles. The third-order valence-electron chi connectivity index (χ3n) is 4.91. The van der Waals surface area contributed by atoms with Gasteiger partial charge in [-0.25, -0.2) is 0 Å². The van der Waals surface area contributed by atoms with Gasteiger partial charge in [-0.3, -0.25) is 4.57 Å². The van der Waals surface area contributed by atoms with Gasteiger partial charge in [-0.15, -0.1) is 10.2 Å². The first kappa shape index (κ1) is 20.9. The van der Waals surface area contributed by atoms with Crippen LogP contribution in [0, 0.1) is 0 Å². The molecule has 0 aliphatic rings. The molecule has 4 aromatic rings. The quantitative estimate of drug-likeness (QED) is 0.282. The predicted molar refractivity (Wildman–Crippen MR) is 129 cm³/mol. The minimum atomic E-state index is 0.122. The standard InChI is InChI=1S/C25H24BrN3S/c1-25(2,3)20-14-12-19(13-15-20)23-27-28-24(29(23)22-10-5-4-6-11-22)30-17-18-8-7-9-21(26)16-18/h4-16H,17H2,1-3H3. The van der Waals surface area contributed by atoms with E-state index >= 15 is 0 Å². The van der Waals surface area contributed by atoms with Gasteiger partial charge >= 0.3 is 0 Å². The molecule has 0 amide bonds. The van der Waals surface area contributed by atoms with E-state index in [0.29, 0.717) is 0 Å². The number of halogens is 1. The number of hydrogen-bond donors (Lipinski definition) is 0. The van der Waals surface area contributed by atoms with Crippen molar-refractivity contribution < 1.29 is 0 Å². The van der Waals surface area contributed by atoms with Crippen LogP contribution in [0.25, 0.3) is 17.1 Å². The largest absolute Gasteiger partial charge is 0.270 e. The van der Waals surface area contributed by atoms with E-state index in [1.807, 2.05) is 24.3 Å². The molecule has 1 heterocycles. The Labute approximate surface area is 190 Å². The molecule has 152 valence electrons. The third-order valence-corrected chi connectivity index (χ3v) is 6.41. The summed E-state index contributed by atoms with van der Waals surface area (Å²) in [7, 11) is 0. The highest BCUT2D eigenvalue weighted by Crippen LogP contribution is 2.31. The lowest BCUT2D eigenvalue weighted by molar-refractivity contribution is 0.590. The number of para-hydroxylation sites is 1. The summed E-state index contributed by atoms with van der Waals surface area (Å²) in [6.07, 6.45) is 0. The highest BCUT2D eigenvalue weighted by molar-refractivity contribution is 9.10. The highest BCUT2D eigenvalue weighted by Gasteiger charge is 2.18. The van der Waals surface area contributed by atoms with Crippen LogP contribution in [-0.2, 0) is 11.2 Å². The van der Waals surface area contributed by atoms with Gasteiger partial charge in [-0.2, -0.15) is 0 Å². The van der Waals surface area contributed by atoms with Crippen molar-refractivity contribution in [2.45, 2.75) is 37.1 Å². The second kappa shape index (κ2) is 8.78. The molecule has 1 aromatic heterocycles. The molecule has 0 aliphatic carbocycles. The maximum atomic E-state index is 4.57. The molecule has 3 nitrogen and oxygen atoms in total. The SMILES string of the molecule is CC(C)(C)c1ccc(-c2nnc(SCc3cccc(Br)c3)n2-c2ccccc2)cc1. The lowest BCUT2D eigenvalue weighted by atomic mass is 9.87. The summed E-state index contributed by atoms with van der Waals surface area (Å²) < 4.78 is 3.24. The van der Waals surface area contributed by atoms with Gasteiger partial charge in [-0.05, 0) is 40.8 Å². The van der Waals surface area contributed by atoms with Crippen LogP contribution in [0.3, 0.4) is 0 Å². The first-order valence-corrected chi connectivity index (χ1v) is 11.7. The van der Waals surface area contributed by atoms with E-state index in [2.05, 4.69) is 106 Å². The highest BCUT2D eigenvalue weighted by atomic mass is 79.9. The normalized spacial score (nSPS) is 11.6. The maximum absolute atomic E-state index is 4.57. The number of thioether (sulfide) groups is 1. The Bertz CT molecular complexity index is 1130. The van der Waals surface area contributed by atoms with Crippen LogP contribution in [0.15, 0.2) is 88.5 Å². The van der Waals surface area contributed by atoms with Gasteiger partial charge in [-0.1, -0.05) is 103 Å². The van der Waals surface area contributed by atoms with Crippen LogP contribution in [0.2, 0.25) is 0 Å². The van der Waals surface area contributed by atoms with E-state index in [1.54, 1.807) is 11.8 Å². The number of benzene rings is 3. The average Bonchev–Trinajstić information content (AvgIpc) is 3.16. The Balaban J connectivity index is 1.71. The summed E-state index contributed by atoms with van der Waals surface area (Å²) in [6.45, 7) is 6.68. The zero-order valence-electron chi connectivity index (χ0n) is 17.3. The van der Waals surface area contributed by atoms with Gasteiger partial charge in [0.05, 0.1) is 0 Å². The predicted octanol–water partition coefficient (Wildman–Crippen LogP) is 7.29. The van der Waals surface area contributed by atoms with Crippen molar-refractivity contribution in [1.82, 2.24) is 14.8 Å². The Morgan fingerprint density at radius 3 is 2.27 bits per heavy atom. The van der Waals surface area contributed by atoms with Crippen LogP contribution >= 0.6 is 27.7 Å². The molecule has 0 atom stereocenters. The Morgan fingerprint density at radius 1 is 0.867 bits per heavy atom. The third kappa shape index (κ3) is 4.68. The molecule has 30 heavy (non-hydrogen) atoms. The van der Waals surface area contributed by atoms with Crippen LogP contribution in [0.4, 0.5) is 0 Å². The van der Waals surface area contributed by atoms with Gasteiger partial charge < -0.3 is 0 Å². The van der Waals surface area contributed by atoms with Gasteiger partial charge in [0, 0.05) is 21.5 Å². The van der Waals surface area contributed by atoms with E-state index in [4.69, 9.17) is 0 Å². The van der Waals surface area contributed by atoms with Gasteiger partial charge in [0.2, 0.25) is 0 Å². The summed E-state index contributed by atoms with van der Waals surface area (Å²) in [4.78, 5) is 0. The topological polar surface area (TPSA) is 30.7 Å². The second-order valence-electron chi connectivity index (χ2n) is 8.22. The van der Waals surface area contributed by atoms with E-state index < -0.39 is 0 Å². The first-order valence-electron chi connectivity index (χ1n) is 9.91. The maximum Gasteiger partial charge on any atom is 0.196 e. The molecule has 0 N–H and O–H groups in total. The van der Waals surface area contributed by atoms with Crippen molar-refractivity contribution >= 4 is 27.7 Å². The molecule has 0 aliphatic heterocycles. The molecule has 4 rings (SSSR count). The Kier molecular flexibility index (Phi) is 6.11. The molecule has 5 heteroatoms. The van der Waals surface area contributed by atoms with Crippen molar-refractivity contribution in [3.63, 3.8) is 0 Å². The average molecular weight is 478 g/mol. The summed E-state index contributed by atoms with van der Waals surface area (Å²) in [5, 5.41) is 9.99. The minimum Gasteiger partial charge on any atom is -0.270 e. The van der Waals surface area contributed by atoms with Crippen molar-refractivity contribution in [2.24, 2.45) is 0 Å². The molecular formula is C25H24BrN3S. The van der Waals surface area contributed by atoms with Crippen molar-refractivity contribution in [3.8, 4) is 17.1 Å². The molecule has 0 bridgehead atoms. The van der Waals surface area contributed by atoms with Crippen LogP contribution in [-0.4, -0.2) is 14.8 Å². The van der Waals surface area contributed by atoms with Crippen molar-refractivity contribution in [2.75, 3.05) is 0 Å². The Hall–Kier alpha value is -2.37. The van der Waals surface area contributed by atoms with Crippen molar-refractivity contribution in [3.05, 3.63) is 94.5 Å². The number of nitrogens with zero attached hydrogens (tertiary/aromatic N) is 3. The number of hydrogen-bond acceptors (Lipinski definition) is 3. The lowest BCUT2D eigenvalue weighted by Gasteiger charge is -2.19. The Morgan fingerprint density at radius 2 is 1.60 bits per heavy atom. The molecular weight excluding hydrogens is 454 g/mol. The van der Waals surface area contributed by atoms with E-state index in [-0.39, 0.29) is 5.41 Å². The summed E-state index contributed by atoms with van der Waals surface area (Å²) in [5.41, 5.74) is 4.80. The fraction of sp³-hybridized carbons (Fsp3) is 0.200. The second-order valence-corrected chi connectivity index (χ2v) is 10.1.